The highest BCUT2D eigenvalue weighted by atomic mass is 32.1. The van der Waals surface area contributed by atoms with Crippen LogP contribution >= 0.6 is 11.3 Å². The van der Waals surface area contributed by atoms with Crippen LogP contribution in [0.2, 0.25) is 0 Å². The Bertz CT molecular complexity index is 4060. The molecule has 1 N–H and O–H groups in total. The molecule has 0 saturated heterocycles. The van der Waals surface area contributed by atoms with Crippen molar-refractivity contribution in [3.8, 4) is 39.1 Å². The Morgan fingerprint density at radius 3 is 2.10 bits per heavy atom. The Morgan fingerprint density at radius 1 is 0.614 bits per heavy atom. The number of benzene rings is 8. The van der Waals surface area contributed by atoms with Crippen molar-refractivity contribution in [3.63, 3.8) is 0 Å². The third-order valence-corrected chi connectivity index (χ3v) is 18.0. The van der Waals surface area contributed by atoms with Gasteiger partial charge in [-0.3, -0.25) is 0 Å². The number of nitrogens with one attached hydrogen (secondary N) is 1. The summed E-state index contributed by atoms with van der Waals surface area (Å²) in [6.07, 6.45) is 4.26. The molecule has 1 radical (unpaired) electrons. The molecular weight excluding hydrogens is 868 g/mol. The van der Waals surface area contributed by atoms with Crippen LogP contribution in [0.1, 0.15) is 103 Å². The van der Waals surface area contributed by atoms with E-state index in [9.17, 15) is 0 Å². The molecule has 11 aromatic rings. The van der Waals surface area contributed by atoms with Gasteiger partial charge in [-0.25, -0.2) is 0 Å². The maximum Gasteiger partial charge on any atom is 0.198 e. The molecule has 70 heavy (non-hydrogen) atoms. The summed E-state index contributed by atoms with van der Waals surface area (Å²) in [7, 11) is 2.51. The van der Waals surface area contributed by atoms with E-state index in [1.807, 2.05) is 17.6 Å². The van der Waals surface area contributed by atoms with Crippen LogP contribution < -0.4 is 16.2 Å². The summed E-state index contributed by atoms with van der Waals surface area (Å²) in [6, 6.07) is 53.0. The number of thiophene rings is 1. The number of hydrogen-bond acceptors (Lipinski definition) is 3. The van der Waals surface area contributed by atoms with Gasteiger partial charge in [0.05, 0.1) is 11.8 Å². The lowest BCUT2D eigenvalue weighted by Crippen LogP contribution is -2.38. The van der Waals surface area contributed by atoms with E-state index in [4.69, 9.17) is 4.42 Å². The number of hydrogen-bond donors (Lipinski definition) is 1. The topological polar surface area (TPSA) is 30.1 Å². The van der Waals surface area contributed by atoms with Gasteiger partial charge >= 0.3 is 0 Å². The first-order valence-corrected chi connectivity index (χ1v) is 26.0. The fourth-order valence-electron chi connectivity index (χ4n) is 13.0. The standard InChI is InChI=1S/C65H56BN2OS/c1-62(2,3)37-23-25-38(26-24-37)67-50-34-55-42(39-19-14-16-22-54(39)70-55)29-43(50)58-59-56(40-20-13-15-21-46(40)65(59,8)9)57-44-30-47-48(64(6,7)28-27-63(47,4)5)32-51(44)68-52-31-41-45(36-17-11-10-12-18-36)35-69-53(41)33-49(52)66-60(58)61(57)68/h10-26,29-35,67H,27-28H2,1-9H3. The molecule has 3 aliphatic rings. The van der Waals surface area contributed by atoms with E-state index >= 15 is 0 Å². The fourth-order valence-corrected chi connectivity index (χ4v) is 14.1. The predicted molar refractivity (Wildman–Crippen MR) is 301 cm³/mol. The summed E-state index contributed by atoms with van der Waals surface area (Å²) >= 11 is 1.88. The number of aromatic nitrogens is 1. The van der Waals surface area contributed by atoms with Gasteiger partial charge in [-0.05, 0) is 139 Å². The Morgan fingerprint density at radius 2 is 1.33 bits per heavy atom. The number of rotatable bonds is 4. The van der Waals surface area contributed by atoms with Gasteiger partial charge < -0.3 is 14.3 Å². The molecule has 0 atom stereocenters. The summed E-state index contributed by atoms with van der Waals surface area (Å²) in [5.41, 5.74) is 23.6. The molecule has 0 fully saturated rings. The van der Waals surface area contributed by atoms with Crippen LogP contribution in [0.3, 0.4) is 0 Å². The Kier molecular flexibility index (Phi) is 8.52. The number of furan rings is 1. The Balaban J connectivity index is 1.17. The first kappa shape index (κ1) is 42.1. The van der Waals surface area contributed by atoms with Crippen molar-refractivity contribution in [3.05, 3.63) is 174 Å². The average Bonchev–Trinajstić information content (AvgIpc) is 4.08. The minimum Gasteiger partial charge on any atom is -0.464 e. The van der Waals surface area contributed by atoms with Crippen LogP contribution in [0.5, 0.6) is 0 Å². The highest BCUT2D eigenvalue weighted by molar-refractivity contribution is 7.25. The van der Waals surface area contributed by atoms with Gasteiger partial charge in [0.1, 0.15) is 5.58 Å². The van der Waals surface area contributed by atoms with Gasteiger partial charge in [0, 0.05) is 75.5 Å². The number of anilines is 2. The van der Waals surface area contributed by atoms with Gasteiger partial charge in [-0.1, -0.05) is 153 Å². The predicted octanol–water partition coefficient (Wildman–Crippen LogP) is 16.9. The molecule has 5 heteroatoms. The lowest BCUT2D eigenvalue weighted by atomic mass is 9.57. The summed E-state index contributed by atoms with van der Waals surface area (Å²) in [5.74, 6) is 0. The van der Waals surface area contributed by atoms with E-state index in [0.29, 0.717) is 0 Å². The third kappa shape index (κ3) is 5.82. The zero-order valence-electron chi connectivity index (χ0n) is 41.6. The smallest absolute Gasteiger partial charge is 0.198 e. The van der Waals surface area contributed by atoms with Gasteiger partial charge in [-0.15, -0.1) is 11.3 Å². The molecule has 0 saturated carbocycles. The second kappa shape index (κ2) is 14.2. The van der Waals surface area contributed by atoms with Crippen molar-refractivity contribution in [1.82, 2.24) is 4.57 Å². The Labute approximate surface area is 415 Å². The molecule has 3 aromatic heterocycles. The zero-order valence-corrected chi connectivity index (χ0v) is 42.4. The van der Waals surface area contributed by atoms with Gasteiger partial charge in [0.25, 0.3) is 0 Å². The number of fused-ring (bicyclic) bond motifs is 14. The minimum absolute atomic E-state index is 0.0310. The monoisotopic (exact) mass is 923 g/mol. The zero-order chi connectivity index (χ0) is 47.8. The van der Waals surface area contributed by atoms with Crippen molar-refractivity contribution < 1.29 is 4.42 Å². The molecule has 0 unspecified atom stereocenters. The summed E-state index contributed by atoms with van der Waals surface area (Å²) in [4.78, 5) is 0. The van der Waals surface area contributed by atoms with Gasteiger partial charge in [0.2, 0.25) is 0 Å². The first-order valence-electron chi connectivity index (χ1n) is 25.2. The molecule has 14 rings (SSSR count). The quantitative estimate of drug-likeness (QED) is 0.178. The molecule has 2 aliphatic carbocycles. The third-order valence-electron chi connectivity index (χ3n) is 16.9. The van der Waals surface area contributed by atoms with Gasteiger partial charge in [-0.2, -0.15) is 0 Å². The van der Waals surface area contributed by atoms with Crippen LogP contribution in [0.15, 0.2) is 150 Å². The van der Waals surface area contributed by atoms with E-state index in [2.05, 4.69) is 219 Å². The van der Waals surface area contributed by atoms with E-state index in [1.54, 1.807) is 0 Å². The summed E-state index contributed by atoms with van der Waals surface area (Å²) < 4.78 is 11.8. The molecule has 1 aliphatic heterocycles. The second-order valence-electron chi connectivity index (χ2n) is 23.5. The van der Waals surface area contributed by atoms with Crippen molar-refractivity contribution >= 4 is 93.9 Å². The molecule has 0 spiro atoms. The van der Waals surface area contributed by atoms with Crippen LogP contribution in [0.4, 0.5) is 11.4 Å². The van der Waals surface area contributed by atoms with Crippen LogP contribution in [0, 0.1) is 0 Å². The van der Waals surface area contributed by atoms with Crippen molar-refractivity contribution in [2.75, 3.05) is 5.32 Å². The molecule has 0 bridgehead atoms. The van der Waals surface area contributed by atoms with Crippen molar-refractivity contribution in [1.29, 1.82) is 0 Å². The van der Waals surface area contributed by atoms with Crippen LogP contribution in [0.25, 0.3) is 92.0 Å². The SMILES string of the molecule is CC(C)(C)c1ccc(Nc2cc3sc4ccccc4c3cc2-c2c3c(c4c5cc6c(cc5n5c4c2[B]c2cc4occ(-c7ccccc7)c4cc2-5)C(C)(C)CCC6(C)C)-c2ccccc2C3(C)C)cc1. The molecule has 4 heterocycles. The van der Waals surface area contributed by atoms with Crippen LogP contribution in [-0.4, -0.2) is 11.8 Å². The van der Waals surface area contributed by atoms with Gasteiger partial charge in [0.15, 0.2) is 7.28 Å². The normalized spacial score (nSPS) is 16.1. The van der Waals surface area contributed by atoms with Crippen molar-refractivity contribution in [2.24, 2.45) is 0 Å². The lowest BCUT2D eigenvalue weighted by molar-refractivity contribution is 0.332. The highest BCUT2D eigenvalue weighted by Gasteiger charge is 2.44. The largest absolute Gasteiger partial charge is 0.464 e. The van der Waals surface area contributed by atoms with Crippen LogP contribution in [-0.2, 0) is 21.7 Å². The minimum atomic E-state index is -0.323. The molecule has 3 nitrogen and oxygen atoms in total. The van der Waals surface area contributed by atoms with Crippen molar-refractivity contribution in [2.45, 2.75) is 96.8 Å². The lowest BCUT2D eigenvalue weighted by Gasteiger charge is -2.42. The van der Waals surface area contributed by atoms with E-state index in [0.717, 1.165) is 51.8 Å². The summed E-state index contributed by atoms with van der Waals surface area (Å²) in [5, 5.41) is 10.5. The highest BCUT2D eigenvalue weighted by Crippen LogP contribution is 2.59. The van der Waals surface area contributed by atoms with E-state index < -0.39 is 0 Å². The first-order chi connectivity index (χ1) is 33.6. The fraction of sp³-hybridized carbons (Fsp3) is 0.231. The summed E-state index contributed by atoms with van der Waals surface area (Å²) in [6.45, 7) is 21.7. The molecule has 0 amide bonds. The van der Waals surface area contributed by atoms with E-state index in [-0.39, 0.29) is 21.7 Å². The maximum atomic E-state index is 6.55. The average molecular weight is 924 g/mol. The molecule has 341 valence electrons. The molecule has 8 aromatic carbocycles. The Hall–Kier alpha value is -6.82. The number of nitrogens with zero attached hydrogens (tertiary/aromatic N) is 1. The maximum absolute atomic E-state index is 6.55. The second-order valence-corrected chi connectivity index (χ2v) is 24.5. The van der Waals surface area contributed by atoms with E-state index in [1.165, 1.54) is 103 Å². The molecular formula is C65H56BN2OS.